The highest BCUT2D eigenvalue weighted by Gasteiger charge is 2.28. The summed E-state index contributed by atoms with van der Waals surface area (Å²) in [5, 5.41) is 0. The molecular weight excluding hydrogens is 288 g/mol. The molecule has 5 heteroatoms. The lowest BCUT2D eigenvalue weighted by atomic mass is 10.1. The van der Waals surface area contributed by atoms with Crippen LogP contribution in [0.3, 0.4) is 0 Å². The molecule has 0 N–H and O–H groups in total. The zero-order chi connectivity index (χ0) is 15.5. The minimum absolute atomic E-state index is 0.0168. The Kier molecular flexibility index (Phi) is 4.24. The Labute approximate surface area is 128 Å². The monoisotopic (exact) mass is 305 g/mol. The number of halogens is 2. The van der Waals surface area contributed by atoms with Crippen molar-refractivity contribution in [2.24, 2.45) is 0 Å². The number of benzene rings is 2. The predicted molar refractivity (Wildman–Crippen MR) is 79.0 cm³/mol. The summed E-state index contributed by atoms with van der Waals surface area (Å²) in [5.74, 6) is -0.533. The maximum absolute atomic E-state index is 13.1. The number of ether oxygens (including phenoxy) is 2. The van der Waals surface area contributed by atoms with Crippen LogP contribution in [0.25, 0.3) is 0 Å². The normalized spacial score (nSPS) is 15.4. The van der Waals surface area contributed by atoms with E-state index in [4.69, 9.17) is 9.47 Å². The van der Waals surface area contributed by atoms with Gasteiger partial charge in [-0.25, -0.2) is 8.78 Å². The third-order valence-corrected chi connectivity index (χ3v) is 3.68. The van der Waals surface area contributed by atoms with Crippen molar-refractivity contribution in [2.75, 3.05) is 20.2 Å². The Morgan fingerprint density at radius 2 is 1.68 bits per heavy atom. The van der Waals surface area contributed by atoms with Crippen molar-refractivity contribution in [1.82, 2.24) is 4.90 Å². The van der Waals surface area contributed by atoms with Crippen LogP contribution in [0.4, 0.5) is 8.78 Å². The van der Waals surface area contributed by atoms with E-state index in [-0.39, 0.29) is 6.10 Å². The summed E-state index contributed by atoms with van der Waals surface area (Å²) < 4.78 is 36.7. The van der Waals surface area contributed by atoms with Crippen LogP contribution < -0.4 is 9.47 Å². The molecule has 0 aromatic heterocycles. The largest absolute Gasteiger partial charge is 0.497 e. The predicted octanol–water partition coefficient (Wildman–Crippen LogP) is 3.24. The van der Waals surface area contributed by atoms with Crippen LogP contribution in [0.15, 0.2) is 42.5 Å². The second-order valence-electron chi connectivity index (χ2n) is 5.36. The second-order valence-corrected chi connectivity index (χ2v) is 5.36. The first kappa shape index (κ1) is 14.8. The van der Waals surface area contributed by atoms with E-state index in [1.807, 2.05) is 24.3 Å². The molecule has 3 rings (SSSR count). The average molecular weight is 305 g/mol. The van der Waals surface area contributed by atoms with Crippen molar-refractivity contribution in [2.45, 2.75) is 12.6 Å². The zero-order valence-corrected chi connectivity index (χ0v) is 12.3. The number of hydrogen-bond acceptors (Lipinski definition) is 3. The number of hydrogen-bond donors (Lipinski definition) is 0. The fraction of sp³-hybridized carbons (Fsp3) is 0.294. The van der Waals surface area contributed by atoms with Crippen molar-refractivity contribution in [1.29, 1.82) is 0 Å². The maximum atomic E-state index is 13.1. The van der Waals surface area contributed by atoms with E-state index in [1.54, 1.807) is 7.11 Å². The van der Waals surface area contributed by atoms with E-state index >= 15 is 0 Å². The first-order valence-electron chi connectivity index (χ1n) is 7.11. The van der Waals surface area contributed by atoms with Crippen molar-refractivity contribution in [3.8, 4) is 11.5 Å². The Hall–Kier alpha value is -2.14. The van der Waals surface area contributed by atoms with Crippen molar-refractivity contribution < 1.29 is 18.3 Å². The minimum Gasteiger partial charge on any atom is -0.497 e. The van der Waals surface area contributed by atoms with Gasteiger partial charge in [-0.1, -0.05) is 12.1 Å². The highest BCUT2D eigenvalue weighted by molar-refractivity contribution is 5.27. The third kappa shape index (κ3) is 3.36. The Bertz CT molecular complexity index is 640. The fourth-order valence-electron chi connectivity index (χ4n) is 2.46. The van der Waals surface area contributed by atoms with Gasteiger partial charge in [-0.3, -0.25) is 4.90 Å². The van der Waals surface area contributed by atoms with Crippen molar-refractivity contribution >= 4 is 0 Å². The third-order valence-electron chi connectivity index (χ3n) is 3.68. The lowest BCUT2D eigenvalue weighted by Crippen LogP contribution is -2.53. The van der Waals surface area contributed by atoms with Crippen LogP contribution in [0.1, 0.15) is 5.56 Å². The molecular formula is C17H17F2NO2. The van der Waals surface area contributed by atoms with Gasteiger partial charge in [-0.05, 0) is 29.8 Å². The Morgan fingerprint density at radius 1 is 1.00 bits per heavy atom. The molecule has 0 spiro atoms. The quantitative estimate of drug-likeness (QED) is 0.846. The van der Waals surface area contributed by atoms with Gasteiger partial charge < -0.3 is 9.47 Å². The highest BCUT2D eigenvalue weighted by atomic mass is 19.2. The molecule has 0 amide bonds. The SMILES string of the molecule is COc1ccc(CN2CC(Oc3ccc(F)c(F)c3)C2)cc1. The maximum Gasteiger partial charge on any atom is 0.162 e. The van der Waals surface area contributed by atoms with Gasteiger partial charge in [0.2, 0.25) is 0 Å². The molecule has 0 unspecified atom stereocenters. The molecule has 116 valence electrons. The summed E-state index contributed by atoms with van der Waals surface area (Å²) in [6.07, 6.45) is 0.0168. The van der Waals surface area contributed by atoms with Crippen LogP contribution >= 0.6 is 0 Å². The van der Waals surface area contributed by atoms with Gasteiger partial charge in [0, 0.05) is 25.7 Å². The molecule has 0 bridgehead atoms. The van der Waals surface area contributed by atoms with E-state index in [0.29, 0.717) is 5.75 Å². The Morgan fingerprint density at radius 3 is 2.32 bits per heavy atom. The zero-order valence-electron chi connectivity index (χ0n) is 12.3. The molecule has 0 atom stereocenters. The Balaban J connectivity index is 1.48. The number of methoxy groups -OCH3 is 1. The lowest BCUT2D eigenvalue weighted by molar-refractivity contribution is 0.0143. The van der Waals surface area contributed by atoms with Gasteiger partial charge in [-0.2, -0.15) is 0 Å². The van der Waals surface area contributed by atoms with Gasteiger partial charge in [0.05, 0.1) is 7.11 Å². The van der Waals surface area contributed by atoms with Crippen LogP contribution in [0.2, 0.25) is 0 Å². The molecule has 1 aliphatic rings. The molecule has 0 aliphatic carbocycles. The molecule has 2 aromatic carbocycles. The topological polar surface area (TPSA) is 21.7 Å². The molecule has 22 heavy (non-hydrogen) atoms. The molecule has 1 heterocycles. The summed E-state index contributed by atoms with van der Waals surface area (Å²) in [6.45, 7) is 2.37. The van der Waals surface area contributed by atoms with E-state index < -0.39 is 11.6 Å². The summed E-state index contributed by atoms with van der Waals surface area (Å²) in [7, 11) is 1.64. The van der Waals surface area contributed by atoms with Crippen molar-refractivity contribution in [3.63, 3.8) is 0 Å². The van der Waals surface area contributed by atoms with Crippen molar-refractivity contribution in [3.05, 3.63) is 59.7 Å². The van der Waals surface area contributed by atoms with Crippen LogP contribution in [-0.2, 0) is 6.54 Å². The molecule has 0 saturated carbocycles. The summed E-state index contributed by atoms with van der Waals surface area (Å²) in [6, 6.07) is 11.5. The summed E-state index contributed by atoms with van der Waals surface area (Å²) in [4.78, 5) is 2.23. The van der Waals surface area contributed by atoms with E-state index in [0.717, 1.165) is 37.5 Å². The minimum atomic E-state index is -0.882. The van der Waals surface area contributed by atoms with E-state index in [2.05, 4.69) is 4.90 Å². The van der Waals surface area contributed by atoms with Gasteiger partial charge in [0.1, 0.15) is 17.6 Å². The van der Waals surface area contributed by atoms with Crippen LogP contribution in [0, 0.1) is 11.6 Å². The van der Waals surface area contributed by atoms with E-state index in [9.17, 15) is 8.78 Å². The highest BCUT2D eigenvalue weighted by Crippen LogP contribution is 2.22. The summed E-state index contributed by atoms with van der Waals surface area (Å²) in [5.41, 5.74) is 1.20. The molecule has 1 aliphatic heterocycles. The second kappa shape index (κ2) is 6.32. The molecule has 1 saturated heterocycles. The van der Waals surface area contributed by atoms with Gasteiger partial charge in [-0.15, -0.1) is 0 Å². The van der Waals surface area contributed by atoms with Gasteiger partial charge in [0.25, 0.3) is 0 Å². The fourth-order valence-corrected chi connectivity index (χ4v) is 2.46. The van der Waals surface area contributed by atoms with Crippen LogP contribution in [-0.4, -0.2) is 31.2 Å². The molecule has 1 fully saturated rings. The molecule has 3 nitrogen and oxygen atoms in total. The van der Waals surface area contributed by atoms with Gasteiger partial charge in [0.15, 0.2) is 11.6 Å². The number of rotatable bonds is 5. The smallest absolute Gasteiger partial charge is 0.162 e. The van der Waals surface area contributed by atoms with E-state index in [1.165, 1.54) is 11.6 Å². The lowest BCUT2D eigenvalue weighted by Gasteiger charge is -2.39. The van der Waals surface area contributed by atoms with Crippen LogP contribution in [0.5, 0.6) is 11.5 Å². The molecule has 0 radical (unpaired) electrons. The number of likely N-dealkylation sites (tertiary alicyclic amines) is 1. The van der Waals surface area contributed by atoms with Gasteiger partial charge >= 0.3 is 0 Å². The first-order valence-corrected chi connectivity index (χ1v) is 7.11. The number of nitrogens with zero attached hydrogens (tertiary/aromatic N) is 1. The first-order chi connectivity index (χ1) is 10.6. The average Bonchev–Trinajstić information content (AvgIpc) is 2.49. The molecule has 2 aromatic rings. The summed E-state index contributed by atoms with van der Waals surface area (Å²) >= 11 is 0. The standard InChI is InChI=1S/C17H17F2NO2/c1-21-13-4-2-12(3-5-13)9-20-10-15(11-20)22-14-6-7-16(18)17(19)8-14/h2-8,15H,9-11H2,1H3.